The van der Waals surface area contributed by atoms with Crippen LogP contribution in [0.25, 0.3) is 125 Å². The lowest BCUT2D eigenvalue weighted by Crippen LogP contribution is -2.06. The van der Waals surface area contributed by atoms with Gasteiger partial charge in [-0.05, 0) is 171 Å². The number of fused-ring (bicyclic) bond motifs is 6. The van der Waals surface area contributed by atoms with Gasteiger partial charge in [0.1, 0.15) is 0 Å². The maximum Gasteiger partial charge on any atom is 0.416 e. The van der Waals surface area contributed by atoms with Gasteiger partial charge in [0.05, 0.1) is 129 Å². The molecule has 0 saturated heterocycles. The fraction of sp³-hybridized carbons (Fsp3) is 0.0141. The number of halogens is 3. The zero-order chi connectivity index (χ0) is 60.1. The third-order valence-corrected chi connectivity index (χ3v) is 15.3. The van der Waals surface area contributed by atoms with Gasteiger partial charge in [-0.25, -0.2) is 14.5 Å². The molecule has 0 bridgehead atoms. The Balaban J connectivity index is 1.23. The molecule has 0 amide bonds. The Morgan fingerprint density at radius 1 is 0.326 bits per heavy atom. The molecule has 394 valence electrons. The fourth-order valence-electron chi connectivity index (χ4n) is 11.3. The molecule has 0 aliphatic rings. The SMILES string of the molecule is [C-]#[N+]c1ccc(-c2ccc3c(c2)c2cc(-c4ccc(C#N)cc4[N+]#[C-])ccc2n3-c2cc([N+]#[C-])c(-c3ccc(C(F)(F)F)cc3C#N)cc2-n2c3ccc(-c4ccc(C#N)cc4C#N)cc3c3cc(-c4ccc(C#N)cc4C#N)ccc32)c(C#N)c1. The monoisotopic (exact) mass is 1110 g/mol. The molecule has 0 aliphatic carbocycles. The molecule has 86 heavy (non-hydrogen) atoms. The minimum Gasteiger partial charge on any atom is -0.308 e. The van der Waals surface area contributed by atoms with E-state index in [0.717, 1.165) is 12.1 Å². The summed E-state index contributed by atoms with van der Waals surface area (Å²) in [6.45, 7) is 24.5. The lowest BCUT2D eigenvalue weighted by atomic mass is 9.95. The van der Waals surface area contributed by atoms with Gasteiger partial charge in [-0.3, -0.25) is 0 Å². The van der Waals surface area contributed by atoms with Crippen LogP contribution in [0, 0.1) is 99.0 Å². The number of benzene rings is 10. The van der Waals surface area contributed by atoms with Crippen LogP contribution in [0.1, 0.15) is 44.5 Å². The van der Waals surface area contributed by atoms with Gasteiger partial charge in [0.25, 0.3) is 0 Å². The molecule has 15 heteroatoms. The zero-order valence-corrected chi connectivity index (χ0v) is 44.2. The lowest BCUT2D eigenvalue weighted by molar-refractivity contribution is -0.137. The van der Waals surface area contributed by atoms with E-state index >= 15 is 0 Å². The maximum atomic E-state index is 14.3. The Labute approximate surface area is 487 Å². The van der Waals surface area contributed by atoms with Crippen LogP contribution >= 0.6 is 0 Å². The third-order valence-electron chi connectivity index (χ3n) is 15.3. The van der Waals surface area contributed by atoms with Crippen LogP contribution in [-0.2, 0) is 6.18 Å². The van der Waals surface area contributed by atoms with Gasteiger partial charge < -0.3 is 9.13 Å². The van der Waals surface area contributed by atoms with Gasteiger partial charge in [-0.1, -0.05) is 60.7 Å². The minimum atomic E-state index is -4.80. The van der Waals surface area contributed by atoms with Gasteiger partial charge in [-0.15, -0.1) is 0 Å². The molecule has 0 spiro atoms. The highest BCUT2D eigenvalue weighted by molar-refractivity contribution is 6.15. The molecule has 0 aliphatic heterocycles. The standard InChI is InChI=1S/C71H29F3N12/c1-82-52-12-17-55(50(26-52)39-81)45-9-20-67-61(29-45)62-30-46(57-15-6-42(35-77)24-63(57)83-2)10-21-68(62)86(67)70-32-64(84-3)58(56-16-11-51(71(72,73)74)25-49(56)38-80)31-69(70)85-65-18-7-43(53-13-4-40(33-75)22-47(53)36-78)27-59(65)60-28-44(8-19-66(60)85)54-14-5-41(34-76)23-48(54)37-79/h4-32H. The summed E-state index contributed by atoms with van der Waals surface area (Å²) in [4.78, 5) is 11.3. The van der Waals surface area contributed by atoms with Gasteiger partial charge in [0, 0.05) is 32.7 Å². The number of aromatic nitrogens is 2. The summed E-state index contributed by atoms with van der Waals surface area (Å²) in [5.41, 5.74) is 8.48. The Bertz CT molecular complexity index is 5230. The van der Waals surface area contributed by atoms with Gasteiger partial charge in [0.15, 0.2) is 17.1 Å². The summed E-state index contributed by atoms with van der Waals surface area (Å²) in [6, 6.07) is 62.5. The van der Waals surface area contributed by atoms with E-state index in [1.165, 1.54) is 30.3 Å². The molecule has 0 fully saturated rings. The first kappa shape index (κ1) is 53.1. The van der Waals surface area contributed by atoms with Crippen LogP contribution in [0.4, 0.5) is 30.2 Å². The van der Waals surface area contributed by atoms with E-state index in [-0.39, 0.29) is 61.6 Å². The third kappa shape index (κ3) is 8.73. The first-order chi connectivity index (χ1) is 41.8. The van der Waals surface area contributed by atoms with Gasteiger partial charge in [0.2, 0.25) is 0 Å². The lowest BCUT2D eigenvalue weighted by Gasteiger charge is -2.20. The number of alkyl halides is 3. The molecular weight excluding hydrogens is 1080 g/mol. The molecule has 12 rings (SSSR count). The summed E-state index contributed by atoms with van der Waals surface area (Å²) in [5, 5.41) is 73.6. The van der Waals surface area contributed by atoms with Crippen molar-refractivity contribution in [2.45, 2.75) is 6.18 Å². The first-order valence-corrected chi connectivity index (χ1v) is 25.9. The average molecular weight is 1110 g/mol. The molecule has 0 atom stereocenters. The van der Waals surface area contributed by atoms with Crippen molar-refractivity contribution in [3.05, 3.63) is 255 Å². The molecular formula is C71H29F3N12. The molecule has 0 saturated carbocycles. The summed E-state index contributed by atoms with van der Waals surface area (Å²) in [6.07, 6.45) is -4.80. The van der Waals surface area contributed by atoms with E-state index in [4.69, 9.17) is 19.7 Å². The van der Waals surface area contributed by atoms with Crippen molar-refractivity contribution in [3.63, 3.8) is 0 Å². The van der Waals surface area contributed by atoms with Crippen molar-refractivity contribution in [2.24, 2.45) is 0 Å². The smallest absolute Gasteiger partial charge is 0.308 e. The van der Waals surface area contributed by atoms with E-state index < -0.39 is 11.7 Å². The van der Waals surface area contributed by atoms with E-state index in [1.54, 1.807) is 60.7 Å². The normalized spacial score (nSPS) is 10.8. The summed E-state index contributed by atoms with van der Waals surface area (Å²) < 4.78 is 46.9. The Hall–Kier alpha value is -13.5. The minimum absolute atomic E-state index is 0.0267. The summed E-state index contributed by atoms with van der Waals surface area (Å²) in [7, 11) is 0. The molecule has 0 N–H and O–H groups in total. The second-order valence-electron chi connectivity index (χ2n) is 19.8. The second kappa shape index (κ2) is 20.9. The van der Waals surface area contributed by atoms with Crippen molar-refractivity contribution in [1.29, 1.82) is 36.8 Å². The van der Waals surface area contributed by atoms with Crippen molar-refractivity contribution in [1.82, 2.24) is 9.13 Å². The van der Waals surface area contributed by atoms with Gasteiger partial charge >= 0.3 is 6.18 Å². The molecule has 2 aromatic heterocycles. The highest BCUT2D eigenvalue weighted by Gasteiger charge is 2.32. The molecule has 0 unspecified atom stereocenters. The second-order valence-corrected chi connectivity index (χ2v) is 19.8. The van der Waals surface area contributed by atoms with E-state index in [9.17, 15) is 50.0 Å². The van der Waals surface area contributed by atoms with Crippen LogP contribution in [0.15, 0.2) is 176 Å². The molecule has 12 nitrogen and oxygen atoms in total. The van der Waals surface area contributed by atoms with Gasteiger partial charge in [-0.2, -0.15) is 50.0 Å². The maximum absolute atomic E-state index is 14.3. The molecule has 12 aromatic rings. The van der Waals surface area contributed by atoms with Crippen molar-refractivity contribution < 1.29 is 13.2 Å². The van der Waals surface area contributed by atoms with Crippen molar-refractivity contribution >= 4 is 60.7 Å². The summed E-state index contributed by atoms with van der Waals surface area (Å²) >= 11 is 0. The van der Waals surface area contributed by atoms with E-state index in [0.29, 0.717) is 105 Å². The molecule has 2 heterocycles. The molecule has 0 radical (unpaired) electrons. The quantitative estimate of drug-likeness (QED) is 0.142. The number of hydrogen-bond acceptors (Lipinski definition) is 7. The number of rotatable bonds is 7. The number of nitrogens with zero attached hydrogens (tertiary/aromatic N) is 12. The fourth-order valence-corrected chi connectivity index (χ4v) is 11.3. The Morgan fingerprint density at radius 3 is 1.12 bits per heavy atom. The number of nitriles is 7. The van der Waals surface area contributed by atoms with Crippen LogP contribution in [0.2, 0.25) is 0 Å². The summed E-state index contributed by atoms with van der Waals surface area (Å²) in [5.74, 6) is 0. The van der Waals surface area contributed by atoms with Crippen LogP contribution in [0.3, 0.4) is 0 Å². The van der Waals surface area contributed by atoms with Crippen LogP contribution in [-0.4, -0.2) is 9.13 Å². The van der Waals surface area contributed by atoms with E-state index in [1.807, 2.05) is 88.0 Å². The highest BCUT2D eigenvalue weighted by atomic mass is 19.4. The van der Waals surface area contributed by atoms with Crippen molar-refractivity contribution in [2.75, 3.05) is 0 Å². The average Bonchev–Trinajstić information content (AvgIpc) is 2.05. The number of hydrogen-bond donors (Lipinski definition) is 0. The topological polar surface area (TPSA) is 189 Å². The predicted molar refractivity (Wildman–Crippen MR) is 319 cm³/mol. The van der Waals surface area contributed by atoms with Crippen LogP contribution in [0.5, 0.6) is 0 Å². The van der Waals surface area contributed by atoms with Crippen molar-refractivity contribution in [3.8, 4) is 109 Å². The van der Waals surface area contributed by atoms with E-state index in [2.05, 4.69) is 51.0 Å². The van der Waals surface area contributed by atoms with Crippen LogP contribution < -0.4 is 0 Å². The first-order valence-electron chi connectivity index (χ1n) is 25.9. The molecule has 10 aromatic carbocycles. The Kier molecular flexibility index (Phi) is 12.9. The highest BCUT2D eigenvalue weighted by Crippen LogP contribution is 2.47. The zero-order valence-electron chi connectivity index (χ0n) is 44.2. The Morgan fingerprint density at radius 2 is 0.698 bits per heavy atom. The largest absolute Gasteiger partial charge is 0.416 e. The predicted octanol–water partition coefficient (Wildman–Crippen LogP) is 18.0.